The van der Waals surface area contributed by atoms with Crippen molar-refractivity contribution in [2.24, 2.45) is 17.8 Å². The molecule has 2 amide bonds. The molecule has 4 atom stereocenters. The molecule has 0 aliphatic heterocycles. The van der Waals surface area contributed by atoms with Gasteiger partial charge < -0.3 is 24.4 Å². The van der Waals surface area contributed by atoms with Gasteiger partial charge in [-0.25, -0.2) is 9.18 Å². The lowest BCUT2D eigenvalue weighted by Gasteiger charge is -2.30. The fourth-order valence-corrected chi connectivity index (χ4v) is 7.04. The summed E-state index contributed by atoms with van der Waals surface area (Å²) in [6.45, 7) is 4.26. The standard InChI is InChI=1S/C47H54ClFN2O7/c1-32(58-44-29-41(49)24-21-38(44)15-10-26-50-47(55)57-31-36-13-8-5-9-14-36)16-25-42(37-19-20-37)45(53)51(3)33(2)43(52)28-39(27-34-17-22-40(48)23-18-34)46(54)56-30-35-11-6-4-7-12-35/h4-9,11-14,17-18,21-24,29,32-33,37,39,42H,10,15-16,19-20,25-28,30-31H2,1-3H3,(H,50,55)/t32-,33-,39+,42+/m1/s1. The molecule has 4 aromatic rings. The number of nitrogens with zero attached hydrogens (tertiary/aromatic N) is 1. The van der Waals surface area contributed by atoms with Crippen molar-refractivity contribution in [3.05, 3.63) is 136 Å². The topological polar surface area (TPSA) is 111 Å². The molecule has 1 saturated carbocycles. The van der Waals surface area contributed by atoms with Gasteiger partial charge in [-0.2, -0.15) is 0 Å². The van der Waals surface area contributed by atoms with Crippen molar-refractivity contribution >= 4 is 35.4 Å². The predicted molar refractivity (Wildman–Crippen MR) is 222 cm³/mol. The largest absolute Gasteiger partial charge is 0.490 e. The van der Waals surface area contributed by atoms with Gasteiger partial charge in [0.15, 0.2) is 5.78 Å². The number of aryl methyl sites for hydroxylation is 1. The third kappa shape index (κ3) is 14.0. The average molecular weight is 813 g/mol. The molecule has 5 rings (SSSR count). The number of nitrogens with one attached hydrogen (secondary N) is 1. The van der Waals surface area contributed by atoms with Crippen LogP contribution in [-0.2, 0) is 49.9 Å². The number of carbonyl (C=O) groups excluding carboxylic acids is 4. The minimum Gasteiger partial charge on any atom is -0.490 e. The molecule has 4 aromatic carbocycles. The van der Waals surface area contributed by atoms with Gasteiger partial charge in [-0.05, 0) is 105 Å². The molecule has 0 unspecified atom stereocenters. The molecule has 0 saturated heterocycles. The van der Waals surface area contributed by atoms with Gasteiger partial charge in [0.1, 0.15) is 24.8 Å². The maximum absolute atomic E-state index is 14.4. The second kappa shape index (κ2) is 22.1. The Hall–Kier alpha value is -5.22. The number of alkyl carbamates (subject to hydrolysis) is 1. The van der Waals surface area contributed by atoms with Gasteiger partial charge in [0.2, 0.25) is 5.91 Å². The third-order valence-corrected chi connectivity index (χ3v) is 10.9. The summed E-state index contributed by atoms with van der Waals surface area (Å²) in [4.78, 5) is 54.8. The van der Waals surface area contributed by atoms with Crippen LogP contribution in [0.3, 0.4) is 0 Å². The van der Waals surface area contributed by atoms with E-state index in [9.17, 15) is 23.6 Å². The van der Waals surface area contributed by atoms with Crippen molar-refractivity contribution in [1.82, 2.24) is 10.2 Å². The van der Waals surface area contributed by atoms with E-state index in [1.165, 1.54) is 17.0 Å². The summed E-state index contributed by atoms with van der Waals surface area (Å²) in [6.07, 6.45) is 3.47. The van der Waals surface area contributed by atoms with Crippen LogP contribution in [0, 0.1) is 23.6 Å². The summed E-state index contributed by atoms with van der Waals surface area (Å²) in [5.41, 5.74) is 3.40. The predicted octanol–water partition coefficient (Wildman–Crippen LogP) is 9.32. The van der Waals surface area contributed by atoms with Gasteiger partial charge in [0.25, 0.3) is 0 Å². The summed E-state index contributed by atoms with van der Waals surface area (Å²) >= 11 is 6.09. The molecule has 0 bridgehead atoms. The molecule has 58 heavy (non-hydrogen) atoms. The van der Waals surface area contributed by atoms with E-state index in [0.29, 0.717) is 43.0 Å². The monoisotopic (exact) mass is 812 g/mol. The third-order valence-electron chi connectivity index (χ3n) is 10.6. The lowest BCUT2D eigenvalue weighted by molar-refractivity contribution is -0.152. The highest BCUT2D eigenvalue weighted by atomic mass is 35.5. The number of hydrogen-bond donors (Lipinski definition) is 1. The van der Waals surface area contributed by atoms with Crippen LogP contribution in [0.25, 0.3) is 0 Å². The van der Waals surface area contributed by atoms with E-state index in [1.807, 2.05) is 79.7 Å². The van der Waals surface area contributed by atoms with E-state index in [0.717, 1.165) is 35.1 Å². The number of carbonyl (C=O) groups is 4. The van der Waals surface area contributed by atoms with Gasteiger partial charge in [-0.15, -0.1) is 0 Å². The number of benzene rings is 4. The maximum Gasteiger partial charge on any atom is 0.407 e. The SMILES string of the molecule is C[C@H](CC[C@H](C(=O)N(C)[C@H](C)C(=O)C[C@H](Cc1ccc(Cl)cc1)C(=O)OCc1ccccc1)C1CC1)Oc1cc(F)ccc1CCCNC(=O)OCc1ccccc1. The number of esters is 1. The fourth-order valence-electron chi connectivity index (χ4n) is 6.91. The van der Waals surface area contributed by atoms with Gasteiger partial charge >= 0.3 is 12.1 Å². The maximum atomic E-state index is 14.4. The number of likely N-dealkylation sites (N-methyl/N-ethyl adjacent to an activating group) is 1. The minimum absolute atomic E-state index is 0.0849. The fraction of sp³-hybridized carbons (Fsp3) is 0.404. The minimum atomic E-state index is -0.757. The number of rotatable bonds is 22. The van der Waals surface area contributed by atoms with Crippen molar-refractivity contribution in [1.29, 1.82) is 0 Å². The molecular weight excluding hydrogens is 759 g/mol. The first-order chi connectivity index (χ1) is 28.0. The number of ether oxygens (including phenoxy) is 3. The highest BCUT2D eigenvalue weighted by Gasteiger charge is 2.39. The highest BCUT2D eigenvalue weighted by Crippen LogP contribution is 2.41. The van der Waals surface area contributed by atoms with Gasteiger partial charge in [0, 0.05) is 37.0 Å². The molecule has 9 nitrogen and oxygen atoms in total. The molecule has 11 heteroatoms. The Labute approximate surface area is 346 Å². The first-order valence-electron chi connectivity index (χ1n) is 20.1. The quantitative estimate of drug-likeness (QED) is 0.0622. The molecule has 0 radical (unpaired) electrons. The molecule has 1 fully saturated rings. The summed E-state index contributed by atoms with van der Waals surface area (Å²) in [6, 6.07) is 29.6. The van der Waals surface area contributed by atoms with Crippen molar-refractivity contribution in [2.75, 3.05) is 13.6 Å². The van der Waals surface area contributed by atoms with Gasteiger partial charge in [-0.3, -0.25) is 14.4 Å². The molecule has 0 heterocycles. The first kappa shape index (κ1) is 43.9. The Bertz CT molecular complexity index is 1940. The smallest absolute Gasteiger partial charge is 0.407 e. The molecule has 1 aliphatic carbocycles. The second-order valence-corrected chi connectivity index (χ2v) is 15.6. The molecule has 308 valence electrons. The number of ketones is 1. The summed E-state index contributed by atoms with van der Waals surface area (Å²) in [5, 5.41) is 3.33. The Balaban J connectivity index is 1.12. The Kier molecular flexibility index (Phi) is 16.7. The molecular formula is C47H54ClFN2O7. The molecule has 1 aliphatic rings. The zero-order valence-electron chi connectivity index (χ0n) is 33.5. The van der Waals surface area contributed by atoms with Crippen LogP contribution in [0.1, 0.15) is 74.6 Å². The number of amides is 2. The van der Waals surface area contributed by atoms with Crippen LogP contribution in [0.2, 0.25) is 5.02 Å². The summed E-state index contributed by atoms with van der Waals surface area (Å²) in [5.74, 6) is -1.63. The van der Waals surface area contributed by atoms with Crippen LogP contribution >= 0.6 is 11.6 Å². The van der Waals surface area contributed by atoms with E-state index < -0.39 is 29.8 Å². The normalized spacial score (nSPS) is 14.4. The van der Waals surface area contributed by atoms with Crippen LogP contribution in [-0.4, -0.2) is 54.4 Å². The van der Waals surface area contributed by atoms with Crippen LogP contribution in [0.15, 0.2) is 103 Å². The van der Waals surface area contributed by atoms with Crippen molar-refractivity contribution in [3.8, 4) is 5.75 Å². The number of halogens is 2. The number of Topliss-reactive ketones (excluding diaryl/α,β-unsaturated/α-hetero) is 1. The van der Waals surface area contributed by atoms with E-state index >= 15 is 0 Å². The van der Waals surface area contributed by atoms with E-state index in [4.69, 9.17) is 25.8 Å². The highest BCUT2D eigenvalue weighted by molar-refractivity contribution is 6.30. The van der Waals surface area contributed by atoms with Crippen molar-refractivity contribution in [2.45, 2.75) is 90.6 Å². The van der Waals surface area contributed by atoms with Crippen molar-refractivity contribution in [3.63, 3.8) is 0 Å². The lowest BCUT2D eigenvalue weighted by atomic mass is 9.91. The Morgan fingerprint density at radius 2 is 1.47 bits per heavy atom. The first-order valence-corrected chi connectivity index (χ1v) is 20.5. The van der Waals surface area contributed by atoms with Crippen LogP contribution in [0.5, 0.6) is 5.75 Å². The van der Waals surface area contributed by atoms with E-state index in [2.05, 4.69) is 5.32 Å². The van der Waals surface area contributed by atoms with Crippen LogP contribution < -0.4 is 10.1 Å². The van der Waals surface area contributed by atoms with E-state index in [1.54, 1.807) is 32.2 Å². The molecule has 0 aromatic heterocycles. The van der Waals surface area contributed by atoms with E-state index in [-0.39, 0.29) is 55.7 Å². The summed E-state index contributed by atoms with van der Waals surface area (Å²) in [7, 11) is 1.65. The van der Waals surface area contributed by atoms with Crippen LogP contribution in [0.4, 0.5) is 9.18 Å². The lowest BCUT2D eigenvalue weighted by Crippen LogP contribution is -2.45. The zero-order chi connectivity index (χ0) is 41.4. The Morgan fingerprint density at radius 1 is 0.828 bits per heavy atom. The van der Waals surface area contributed by atoms with Gasteiger partial charge in [-0.1, -0.05) is 90.5 Å². The average Bonchev–Trinajstić information content (AvgIpc) is 4.07. The zero-order valence-corrected chi connectivity index (χ0v) is 34.3. The van der Waals surface area contributed by atoms with Gasteiger partial charge in [0.05, 0.1) is 18.1 Å². The molecule has 1 N–H and O–H groups in total. The summed E-state index contributed by atoms with van der Waals surface area (Å²) < 4.78 is 31.6. The number of hydrogen-bond acceptors (Lipinski definition) is 7. The molecule has 0 spiro atoms. The Morgan fingerprint density at radius 3 is 2.10 bits per heavy atom. The van der Waals surface area contributed by atoms with Crippen molar-refractivity contribution < 1.29 is 37.8 Å². The second-order valence-electron chi connectivity index (χ2n) is 15.2.